The third kappa shape index (κ3) is 5.95. The van der Waals surface area contributed by atoms with E-state index in [1.165, 1.54) is 12.8 Å². The van der Waals surface area contributed by atoms with Crippen LogP contribution < -0.4 is 10.6 Å². The first-order valence-electron chi connectivity index (χ1n) is 7.85. The second-order valence-electron chi connectivity index (χ2n) is 6.04. The molecule has 4 nitrogen and oxygen atoms in total. The first-order chi connectivity index (χ1) is 10.2. The monoisotopic (exact) mass is 326 g/mol. The lowest BCUT2D eigenvalue weighted by Gasteiger charge is -2.28. The maximum absolute atomic E-state index is 12.0. The molecule has 1 aliphatic heterocycles. The Morgan fingerprint density at radius 1 is 1.45 bits per heavy atom. The van der Waals surface area contributed by atoms with Crippen molar-refractivity contribution >= 4 is 18.3 Å². The van der Waals surface area contributed by atoms with Gasteiger partial charge in [-0.15, -0.1) is 12.4 Å². The highest BCUT2D eigenvalue weighted by molar-refractivity contribution is 5.85. The van der Waals surface area contributed by atoms with Gasteiger partial charge in [0.05, 0.1) is 6.61 Å². The summed E-state index contributed by atoms with van der Waals surface area (Å²) in [6.45, 7) is 4.88. The van der Waals surface area contributed by atoms with E-state index >= 15 is 0 Å². The molecule has 1 aliphatic rings. The molecule has 2 atom stereocenters. The molecule has 1 fully saturated rings. The number of amides is 1. The molecule has 124 valence electrons. The van der Waals surface area contributed by atoms with Crippen LogP contribution in [0.3, 0.4) is 0 Å². The quantitative estimate of drug-likeness (QED) is 0.751. The van der Waals surface area contributed by atoms with E-state index in [4.69, 9.17) is 5.11 Å². The van der Waals surface area contributed by atoms with Crippen LogP contribution in [0.25, 0.3) is 0 Å². The zero-order chi connectivity index (χ0) is 15.1. The van der Waals surface area contributed by atoms with Gasteiger partial charge in [-0.1, -0.05) is 31.2 Å². The summed E-state index contributed by atoms with van der Waals surface area (Å²) in [5.74, 6) is 1.14. The Balaban J connectivity index is 0.00000242. The molecule has 1 aromatic rings. The van der Waals surface area contributed by atoms with Crippen molar-refractivity contribution in [1.29, 1.82) is 0 Å². The van der Waals surface area contributed by atoms with Gasteiger partial charge in [0.2, 0.25) is 5.91 Å². The molecule has 0 bridgehead atoms. The molecule has 1 amide bonds. The fourth-order valence-corrected chi connectivity index (χ4v) is 2.93. The van der Waals surface area contributed by atoms with Gasteiger partial charge in [0, 0.05) is 13.0 Å². The molecule has 1 heterocycles. The average molecular weight is 327 g/mol. The van der Waals surface area contributed by atoms with Gasteiger partial charge in [-0.05, 0) is 48.9 Å². The van der Waals surface area contributed by atoms with Gasteiger partial charge >= 0.3 is 0 Å². The van der Waals surface area contributed by atoms with Gasteiger partial charge in [-0.3, -0.25) is 4.79 Å². The van der Waals surface area contributed by atoms with E-state index in [0.717, 1.165) is 24.2 Å². The minimum Gasteiger partial charge on any atom is -0.392 e. The summed E-state index contributed by atoms with van der Waals surface area (Å²) in [4.78, 5) is 12.0. The third-order valence-electron chi connectivity index (χ3n) is 4.31. The molecule has 0 radical (unpaired) electrons. The van der Waals surface area contributed by atoms with Crippen LogP contribution in [0.2, 0.25) is 0 Å². The number of carbonyl (C=O) groups is 1. The Hall–Kier alpha value is -1.10. The number of rotatable bonds is 6. The number of hydrogen-bond acceptors (Lipinski definition) is 3. The molecule has 5 heteroatoms. The maximum Gasteiger partial charge on any atom is 0.220 e. The van der Waals surface area contributed by atoms with Crippen LogP contribution in [-0.4, -0.2) is 24.1 Å². The number of carbonyl (C=O) groups excluding carboxylic acids is 1. The molecule has 1 aromatic carbocycles. The van der Waals surface area contributed by atoms with Crippen molar-refractivity contribution in [3.63, 3.8) is 0 Å². The molecule has 3 N–H and O–H groups in total. The highest BCUT2D eigenvalue weighted by Crippen LogP contribution is 2.22. The van der Waals surface area contributed by atoms with Gasteiger partial charge < -0.3 is 15.7 Å². The van der Waals surface area contributed by atoms with E-state index < -0.39 is 0 Å². The molecule has 22 heavy (non-hydrogen) atoms. The first-order valence-corrected chi connectivity index (χ1v) is 7.85. The minimum atomic E-state index is 0. The van der Waals surface area contributed by atoms with E-state index in [1.807, 2.05) is 24.3 Å². The van der Waals surface area contributed by atoms with Crippen molar-refractivity contribution < 1.29 is 9.90 Å². The zero-order valence-electron chi connectivity index (χ0n) is 13.2. The number of nitrogens with one attached hydrogen (secondary N) is 2. The Bertz CT molecular complexity index is 462. The molecule has 0 spiro atoms. The second kappa shape index (κ2) is 9.82. The first kappa shape index (κ1) is 18.9. The van der Waals surface area contributed by atoms with Gasteiger partial charge in [0.1, 0.15) is 0 Å². The van der Waals surface area contributed by atoms with Crippen molar-refractivity contribution in [3.8, 4) is 0 Å². The van der Waals surface area contributed by atoms with Crippen molar-refractivity contribution in [2.24, 2.45) is 11.8 Å². The predicted molar refractivity (Wildman–Crippen MR) is 90.8 cm³/mol. The predicted octanol–water partition coefficient (Wildman–Crippen LogP) is 2.24. The van der Waals surface area contributed by atoms with Crippen molar-refractivity contribution in [2.45, 2.75) is 39.3 Å². The number of halogens is 1. The van der Waals surface area contributed by atoms with E-state index in [-0.39, 0.29) is 24.9 Å². The summed E-state index contributed by atoms with van der Waals surface area (Å²) in [7, 11) is 0. The second-order valence-corrected chi connectivity index (χ2v) is 6.04. The molecule has 1 saturated heterocycles. The molecular formula is C17H27ClN2O2. The number of aliphatic hydroxyl groups excluding tert-OH is 1. The van der Waals surface area contributed by atoms with Crippen LogP contribution in [0.4, 0.5) is 0 Å². The van der Waals surface area contributed by atoms with E-state index in [9.17, 15) is 4.79 Å². The number of aliphatic hydroxyl groups is 1. The van der Waals surface area contributed by atoms with Crippen LogP contribution in [0.5, 0.6) is 0 Å². The highest BCUT2D eigenvalue weighted by Gasteiger charge is 2.21. The maximum atomic E-state index is 12.0. The Labute approximate surface area is 139 Å². The summed E-state index contributed by atoms with van der Waals surface area (Å²) in [5.41, 5.74) is 1.91. The van der Waals surface area contributed by atoms with Crippen LogP contribution >= 0.6 is 12.4 Å². The molecule has 2 rings (SSSR count). The normalized spacial score (nSPS) is 19.1. The average Bonchev–Trinajstić information content (AvgIpc) is 2.54. The minimum absolute atomic E-state index is 0. The zero-order valence-corrected chi connectivity index (χ0v) is 14.0. The Kier molecular flexibility index (Phi) is 8.46. The van der Waals surface area contributed by atoms with E-state index in [1.54, 1.807) is 0 Å². The smallest absolute Gasteiger partial charge is 0.220 e. The standard InChI is InChI=1S/C17H26N2O2.ClH/c1-13(16-6-3-7-18-11-16)8-17(21)19-10-14-4-2-5-15(9-14)12-20;/h2,4-5,9,13,16,18,20H,3,6-8,10-12H2,1H3,(H,19,21);1H. The molecule has 0 aliphatic carbocycles. The van der Waals surface area contributed by atoms with Crippen LogP contribution in [0, 0.1) is 11.8 Å². The van der Waals surface area contributed by atoms with Crippen molar-refractivity contribution in [3.05, 3.63) is 35.4 Å². The highest BCUT2D eigenvalue weighted by atomic mass is 35.5. The van der Waals surface area contributed by atoms with E-state index in [2.05, 4.69) is 17.6 Å². The lowest BCUT2D eigenvalue weighted by atomic mass is 9.85. The Morgan fingerprint density at radius 3 is 2.91 bits per heavy atom. The molecule has 0 aromatic heterocycles. The lowest BCUT2D eigenvalue weighted by Crippen LogP contribution is -2.35. The molecular weight excluding hydrogens is 300 g/mol. The summed E-state index contributed by atoms with van der Waals surface area (Å²) in [6.07, 6.45) is 3.02. The molecule has 0 saturated carbocycles. The van der Waals surface area contributed by atoms with Crippen molar-refractivity contribution in [2.75, 3.05) is 13.1 Å². The van der Waals surface area contributed by atoms with E-state index in [0.29, 0.717) is 24.8 Å². The van der Waals surface area contributed by atoms with Gasteiger partial charge in [-0.25, -0.2) is 0 Å². The summed E-state index contributed by atoms with van der Waals surface area (Å²) in [6, 6.07) is 7.68. The topological polar surface area (TPSA) is 61.4 Å². The fraction of sp³-hybridized carbons (Fsp3) is 0.588. The summed E-state index contributed by atoms with van der Waals surface area (Å²) >= 11 is 0. The lowest BCUT2D eigenvalue weighted by molar-refractivity contribution is -0.122. The Morgan fingerprint density at radius 2 is 2.23 bits per heavy atom. The molecule has 2 unspecified atom stereocenters. The van der Waals surface area contributed by atoms with Crippen LogP contribution in [-0.2, 0) is 17.9 Å². The summed E-state index contributed by atoms with van der Waals surface area (Å²) in [5, 5.41) is 15.5. The largest absolute Gasteiger partial charge is 0.392 e. The van der Waals surface area contributed by atoms with Crippen LogP contribution in [0.1, 0.15) is 37.3 Å². The number of hydrogen-bond donors (Lipinski definition) is 3. The number of piperidine rings is 1. The fourth-order valence-electron chi connectivity index (χ4n) is 2.93. The van der Waals surface area contributed by atoms with Gasteiger partial charge in [-0.2, -0.15) is 0 Å². The SMILES string of the molecule is CC(CC(=O)NCc1cccc(CO)c1)C1CCCNC1.Cl. The summed E-state index contributed by atoms with van der Waals surface area (Å²) < 4.78 is 0. The van der Waals surface area contributed by atoms with Crippen LogP contribution in [0.15, 0.2) is 24.3 Å². The van der Waals surface area contributed by atoms with Gasteiger partial charge in [0.15, 0.2) is 0 Å². The number of benzene rings is 1. The van der Waals surface area contributed by atoms with Crippen molar-refractivity contribution in [1.82, 2.24) is 10.6 Å². The van der Waals surface area contributed by atoms with Gasteiger partial charge in [0.25, 0.3) is 0 Å². The third-order valence-corrected chi connectivity index (χ3v) is 4.31.